The maximum Gasteiger partial charge on any atom is 0.372 e. The van der Waals surface area contributed by atoms with Gasteiger partial charge in [0.25, 0.3) is 0 Å². The minimum atomic E-state index is -1.16. The molecule has 0 unspecified atom stereocenters. The molecule has 0 atom stereocenters. The zero-order valence-corrected chi connectivity index (χ0v) is 12.7. The van der Waals surface area contributed by atoms with E-state index >= 15 is 0 Å². The van der Waals surface area contributed by atoms with Crippen molar-refractivity contribution in [2.75, 3.05) is 6.61 Å². The van der Waals surface area contributed by atoms with Crippen LogP contribution in [0, 0.1) is 0 Å². The SMILES string of the molecule is [2H]c1c(Br)nc(C(=O)O)n1COCC[Si](C)(C)C. The van der Waals surface area contributed by atoms with E-state index in [9.17, 15) is 4.79 Å². The fourth-order valence-electron chi connectivity index (χ4n) is 1.13. The number of hydrogen-bond acceptors (Lipinski definition) is 3. The van der Waals surface area contributed by atoms with Crippen LogP contribution in [0.25, 0.3) is 0 Å². The normalized spacial score (nSPS) is 12.6. The summed E-state index contributed by atoms with van der Waals surface area (Å²) < 4.78 is 14.6. The third kappa shape index (κ3) is 5.01. The highest BCUT2D eigenvalue weighted by Crippen LogP contribution is 2.11. The Labute approximate surface area is 111 Å². The Balaban J connectivity index is 2.64. The van der Waals surface area contributed by atoms with Gasteiger partial charge >= 0.3 is 5.97 Å². The molecule has 0 radical (unpaired) electrons. The Bertz CT molecular complexity index is 445. The summed E-state index contributed by atoms with van der Waals surface area (Å²) in [7, 11) is -1.16. The second-order valence-electron chi connectivity index (χ2n) is 4.92. The topological polar surface area (TPSA) is 64.3 Å². The molecule has 0 spiro atoms. The number of hydrogen-bond donors (Lipinski definition) is 1. The van der Waals surface area contributed by atoms with Gasteiger partial charge in [-0.1, -0.05) is 19.6 Å². The maximum atomic E-state index is 10.9. The minimum absolute atomic E-state index is 0.0143. The average Bonchev–Trinajstić information content (AvgIpc) is 2.50. The Morgan fingerprint density at radius 1 is 1.71 bits per heavy atom. The van der Waals surface area contributed by atoms with E-state index in [4.69, 9.17) is 11.2 Å². The molecule has 1 aromatic heterocycles. The number of imidazole rings is 1. The van der Waals surface area contributed by atoms with Crippen LogP contribution in [0.15, 0.2) is 10.8 Å². The first-order valence-electron chi connectivity index (χ1n) is 5.76. The number of nitrogens with zero attached hydrogens (tertiary/aromatic N) is 2. The monoisotopic (exact) mass is 321 g/mol. The van der Waals surface area contributed by atoms with E-state index in [1.807, 2.05) is 0 Å². The molecule has 0 fully saturated rings. The largest absolute Gasteiger partial charge is 0.475 e. The average molecular weight is 322 g/mol. The molecule has 7 heteroatoms. The van der Waals surface area contributed by atoms with E-state index in [2.05, 4.69) is 40.6 Å². The Hall–Kier alpha value is -0.663. The molecule has 1 N–H and O–H groups in total. The summed E-state index contributed by atoms with van der Waals surface area (Å²) in [4.78, 5) is 14.7. The van der Waals surface area contributed by atoms with Crippen LogP contribution in [0.4, 0.5) is 0 Å². The van der Waals surface area contributed by atoms with E-state index in [0.717, 1.165) is 6.04 Å². The summed E-state index contributed by atoms with van der Waals surface area (Å²) in [6.07, 6.45) is 0.0143. The quantitative estimate of drug-likeness (QED) is 0.646. The summed E-state index contributed by atoms with van der Waals surface area (Å²) in [5.41, 5.74) is 0. The Morgan fingerprint density at radius 2 is 2.35 bits per heavy atom. The van der Waals surface area contributed by atoms with E-state index in [-0.39, 0.29) is 23.3 Å². The predicted octanol–water partition coefficient (Wildman–Crippen LogP) is 2.66. The zero-order valence-electron chi connectivity index (χ0n) is 11.2. The summed E-state index contributed by atoms with van der Waals surface area (Å²) in [5, 5.41) is 8.95. The highest BCUT2D eigenvalue weighted by Gasteiger charge is 2.15. The van der Waals surface area contributed by atoms with E-state index in [0.29, 0.717) is 6.61 Å². The number of rotatable bonds is 6. The van der Waals surface area contributed by atoms with Gasteiger partial charge in [-0.25, -0.2) is 9.78 Å². The lowest BCUT2D eigenvalue weighted by atomic mass is 10.6. The molecule has 0 aliphatic rings. The van der Waals surface area contributed by atoms with Gasteiger partial charge < -0.3 is 14.4 Å². The molecule has 0 amide bonds. The standard InChI is InChI=1S/C10H17BrN2O3Si/c1-17(2,3)5-4-16-7-13-6-8(11)12-9(13)10(14)15/h6H,4-5,7H2,1-3H3,(H,14,15)/i6D. The fraction of sp³-hybridized carbons (Fsp3) is 0.600. The fourth-order valence-corrected chi connectivity index (χ4v) is 2.27. The van der Waals surface area contributed by atoms with E-state index in [1.54, 1.807) is 0 Å². The molecule has 0 saturated carbocycles. The van der Waals surface area contributed by atoms with Gasteiger partial charge in [-0.3, -0.25) is 0 Å². The first-order chi connectivity index (χ1) is 8.22. The molecular formula is C10H17BrN2O3Si. The lowest BCUT2D eigenvalue weighted by molar-refractivity contribution is 0.0613. The number of ether oxygens (including phenoxy) is 1. The summed E-state index contributed by atoms with van der Waals surface area (Å²) in [6.45, 7) is 7.34. The number of halogens is 1. The van der Waals surface area contributed by atoms with Crippen molar-refractivity contribution >= 4 is 30.0 Å². The molecule has 0 bridgehead atoms. The van der Waals surface area contributed by atoms with Crippen molar-refractivity contribution in [2.45, 2.75) is 32.4 Å². The van der Waals surface area contributed by atoms with E-state index < -0.39 is 14.0 Å². The lowest BCUT2D eigenvalue weighted by Gasteiger charge is -2.15. The van der Waals surface area contributed by atoms with Crippen LogP contribution in [0.2, 0.25) is 25.7 Å². The number of carboxylic acids is 1. The smallest absolute Gasteiger partial charge is 0.372 e. The van der Waals surface area contributed by atoms with Gasteiger partial charge in [0.15, 0.2) is 0 Å². The van der Waals surface area contributed by atoms with Crippen LogP contribution in [0.3, 0.4) is 0 Å². The third-order valence-electron chi connectivity index (χ3n) is 2.10. The lowest BCUT2D eigenvalue weighted by Crippen LogP contribution is -2.22. The van der Waals surface area contributed by atoms with Crippen molar-refractivity contribution in [3.8, 4) is 0 Å². The van der Waals surface area contributed by atoms with Gasteiger partial charge in [0.2, 0.25) is 5.82 Å². The molecular weight excluding hydrogens is 304 g/mol. The third-order valence-corrected chi connectivity index (χ3v) is 4.15. The van der Waals surface area contributed by atoms with Crippen molar-refractivity contribution in [3.63, 3.8) is 0 Å². The van der Waals surface area contributed by atoms with Crippen LogP contribution in [0.5, 0.6) is 0 Å². The van der Waals surface area contributed by atoms with Gasteiger partial charge in [0.1, 0.15) is 11.3 Å². The highest BCUT2D eigenvalue weighted by molar-refractivity contribution is 9.10. The molecule has 1 rings (SSSR count). The van der Waals surface area contributed by atoms with Gasteiger partial charge in [0.05, 0.1) is 1.37 Å². The Kier molecular flexibility index (Phi) is 4.35. The number of aromatic carboxylic acids is 1. The molecule has 5 nitrogen and oxygen atoms in total. The minimum Gasteiger partial charge on any atom is -0.475 e. The molecule has 17 heavy (non-hydrogen) atoms. The van der Waals surface area contributed by atoms with Crippen LogP contribution >= 0.6 is 15.9 Å². The van der Waals surface area contributed by atoms with Crippen LogP contribution in [-0.4, -0.2) is 35.3 Å². The van der Waals surface area contributed by atoms with Gasteiger partial charge in [-0.15, -0.1) is 0 Å². The number of carbonyl (C=O) groups is 1. The van der Waals surface area contributed by atoms with Crippen LogP contribution in [0.1, 0.15) is 12.0 Å². The van der Waals surface area contributed by atoms with Crippen LogP contribution in [-0.2, 0) is 11.5 Å². The molecule has 1 heterocycles. The maximum absolute atomic E-state index is 10.9. The molecule has 1 aromatic rings. The van der Waals surface area contributed by atoms with Gasteiger partial charge in [-0.2, -0.15) is 0 Å². The molecule has 0 aromatic carbocycles. The summed E-state index contributed by atoms with van der Waals surface area (Å²) in [5.74, 6) is -1.34. The van der Waals surface area contributed by atoms with Gasteiger partial charge in [-0.05, 0) is 22.0 Å². The second kappa shape index (κ2) is 5.79. The molecule has 0 aliphatic carbocycles. The molecule has 0 saturated heterocycles. The summed E-state index contributed by atoms with van der Waals surface area (Å²) >= 11 is 3.04. The van der Waals surface area contributed by atoms with Crippen molar-refractivity contribution in [1.29, 1.82) is 0 Å². The number of carboxylic acid groups (broad SMARTS) is 1. The first-order valence-corrected chi connectivity index (χ1v) is 9.76. The van der Waals surface area contributed by atoms with Crippen molar-refractivity contribution in [1.82, 2.24) is 9.55 Å². The Morgan fingerprint density at radius 3 is 2.88 bits per heavy atom. The highest BCUT2D eigenvalue weighted by atomic mass is 79.9. The first kappa shape index (κ1) is 12.8. The summed E-state index contributed by atoms with van der Waals surface area (Å²) in [6, 6.07) is 0.999. The van der Waals surface area contributed by atoms with Crippen molar-refractivity contribution < 1.29 is 16.0 Å². The number of aromatic nitrogens is 2. The van der Waals surface area contributed by atoms with Crippen molar-refractivity contribution in [2.24, 2.45) is 0 Å². The van der Waals surface area contributed by atoms with E-state index in [1.165, 1.54) is 4.57 Å². The predicted molar refractivity (Wildman–Crippen MR) is 71.0 cm³/mol. The van der Waals surface area contributed by atoms with Gasteiger partial charge in [0, 0.05) is 20.9 Å². The zero-order chi connectivity index (χ0) is 13.9. The second-order valence-corrected chi connectivity index (χ2v) is 11.3. The molecule has 96 valence electrons. The van der Waals surface area contributed by atoms with Crippen LogP contribution < -0.4 is 0 Å². The van der Waals surface area contributed by atoms with Crippen molar-refractivity contribution in [3.05, 3.63) is 16.6 Å². The molecule has 0 aliphatic heterocycles.